The van der Waals surface area contributed by atoms with Crippen LogP contribution in [0.4, 0.5) is 5.82 Å². The van der Waals surface area contributed by atoms with Gasteiger partial charge in [-0.15, -0.1) is 0 Å². The van der Waals surface area contributed by atoms with Crippen molar-refractivity contribution in [3.63, 3.8) is 0 Å². The van der Waals surface area contributed by atoms with Gasteiger partial charge in [-0.25, -0.2) is 0 Å². The molecule has 0 radical (unpaired) electrons. The van der Waals surface area contributed by atoms with E-state index in [0.717, 1.165) is 19.5 Å². The third-order valence-corrected chi connectivity index (χ3v) is 2.38. The van der Waals surface area contributed by atoms with Gasteiger partial charge in [0.15, 0.2) is 0 Å². The molecule has 17 heavy (non-hydrogen) atoms. The fourth-order valence-corrected chi connectivity index (χ4v) is 1.58. The summed E-state index contributed by atoms with van der Waals surface area (Å²) in [7, 11) is 1.94. The Kier molecular flexibility index (Phi) is 5.48. The highest BCUT2D eigenvalue weighted by molar-refractivity contribution is 5.77. The number of aromatic nitrogens is 2. The average molecular weight is 239 g/mol. The van der Waals surface area contributed by atoms with Crippen LogP contribution < -0.4 is 11.1 Å². The number of carbonyl (C=O) groups is 1. The predicted octanol–water partition coefficient (Wildman–Crippen LogP) is -0.0767. The van der Waals surface area contributed by atoms with Gasteiger partial charge in [0, 0.05) is 25.8 Å². The summed E-state index contributed by atoms with van der Waals surface area (Å²) in [6.07, 6.45) is 2.80. The molecule has 0 saturated heterocycles. The molecular weight excluding hydrogens is 218 g/mol. The Morgan fingerprint density at radius 2 is 2.41 bits per heavy atom. The smallest absolute Gasteiger partial charge is 0.234 e. The van der Waals surface area contributed by atoms with E-state index in [-0.39, 0.29) is 5.91 Å². The molecule has 3 N–H and O–H groups in total. The fraction of sp³-hybridized carbons (Fsp3) is 0.636. The van der Waals surface area contributed by atoms with E-state index in [1.54, 1.807) is 6.07 Å². The van der Waals surface area contributed by atoms with Crippen molar-refractivity contribution in [2.45, 2.75) is 19.9 Å². The number of nitrogen functional groups attached to an aromatic ring is 1. The van der Waals surface area contributed by atoms with E-state index in [1.165, 1.54) is 0 Å². The number of likely N-dealkylation sites (N-methyl/N-ethyl adjacent to an activating group) is 2. The lowest BCUT2D eigenvalue weighted by molar-refractivity contribution is -0.121. The quantitative estimate of drug-likeness (QED) is 0.698. The second-order valence-electron chi connectivity index (χ2n) is 4.05. The molecule has 1 rings (SSSR count). The number of carbonyl (C=O) groups excluding carboxylic acids is 1. The van der Waals surface area contributed by atoms with Crippen LogP contribution in [0.3, 0.4) is 0 Å². The number of nitrogens with one attached hydrogen (secondary N) is 1. The normalized spacial score (nSPS) is 10.8. The molecule has 1 amide bonds. The van der Waals surface area contributed by atoms with Crippen molar-refractivity contribution >= 4 is 11.7 Å². The fourth-order valence-electron chi connectivity index (χ4n) is 1.58. The standard InChI is InChI=1S/C11H21N5O/c1-3-13-11(17)9-15(2)6-4-7-16-8-5-10(12)14-16/h5,8H,3-4,6-7,9H2,1-2H3,(H2,12,14)(H,13,17). The summed E-state index contributed by atoms with van der Waals surface area (Å²) in [6, 6.07) is 1.78. The van der Waals surface area contributed by atoms with Crippen LogP contribution in [0.1, 0.15) is 13.3 Å². The SMILES string of the molecule is CCNC(=O)CN(C)CCCn1ccc(N)n1. The highest BCUT2D eigenvalue weighted by atomic mass is 16.1. The number of anilines is 1. The molecule has 0 atom stereocenters. The first-order valence-electron chi connectivity index (χ1n) is 5.86. The molecule has 0 aromatic carbocycles. The van der Waals surface area contributed by atoms with Crippen LogP contribution >= 0.6 is 0 Å². The van der Waals surface area contributed by atoms with E-state index in [9.17, 15) is 4.79 Å². The van der Waals surface area contributed by atoms with E-state index in [4.69, 9.17) is 5.73 Å². The third kappa shape index (κ3) is 5.35. The molecule has 0 aliphatic carbocycles. The van der Waals surface area contributed by atoms with E-state index in [1.807, 2.05) is 29.7 Å². The Labute approximate surface area is 102 Å². The Bertz CT molecular complexity index is 349. The first-order chi connectivity index (χ1) is 8.11. The number of amides is 1. The number of hydrogen-bond acceptors (Lipinski definition) is 4. The number of aryl methyl sites for hydroxylation is 1. The van der Waals surface area contributed by atoms with Gasteiger partial charge < -0.3 is 11.1 Å². The molecular formula is C11H21N5O. The van der Waals surface area contributed by atoms with Crippen LogP contribution in [0.25, 0.3) is 0 Å². The lowest BCUT2D eigenvalue weighted by Gasteiger charge is -2.15. The second kappa shape index (κ2) is 6.90. The molecule has 0 spiro atoms. The van der Waals surface area contributed by atoms with Crippen LogP contribution in [-0.2, 0) is 11.3 Å². The number of hydrogen-bond donors (Lipinski definition) is 2. The largest absolute Gasteiger partial charge is 0.382 e. The summed E-state index contributed by atoms with van der Waals surface area (Å²) in [5.74, 6) is 0.610. The second-order valence-corrected chi connectivity index (χ2v) is 4.05. The molecule has 6 heteroatoms. The van der Waals surface area contributed by atoms with Crippen molar-refractivity contribution in [2.75, 3.05) is 32.4 Å². The predicted molar refractivity (Wildman–Crippen MR) is 67.4 cm³/mol. The van der Waals surface area contributed by atoms with Crippen LogP contribution in [0, 0.1) is 0 Å². The van der Waals surface area contributed by atoms with Crippen molar-refractivity contribution in [3.8, 4) is 0 Å². The zero-order valence-electron chi connectivity index (χ0n) is 10.5. The molecule has 96 valence electrons. The zero-order valence-corrected chi connectivity index (χ0v) is 10.5. The van der Waals surface area contributed by atoms with Gasteiger partial charge >= 0.3 is 0 Å². The van der Waals surface area contributed by atoms with Crippen molar-refractivity contribution in [1.82, 2.24) is 20.0 Å². The van der Waals surface area contributed by atoms with Crippen molar-refractivity contribution in [3.05, 3.63) is 12.3 Å². The van der Waals surface area contributed by atoms with Crippen LogP contribution in [0.15, 0.2) is 12.3 Å². The van der Waals surface area contributed by atoms with Crippen molar-refractivity contribution in [1.29, 1.82) is 0 Å². The Morgan fingerprint density at radius 3 is 3.00 bits per heavy atom. The zero-order chi connectivity index (χ0) is 12.7. The summed E-state index contributed by atoms with van der Waals surface area (Å²) < 4.78 is 1.81. The molecule has 1 aromatic heterocycles. The Balaban J connectivity index is 2.15. The van der Waals surface area contributed by atoms with E-state index < -0.39 is 0 Å². The molecule has 0 unspecified atom stereocenters. The van der Waals surface area contributed by atoms with E-state index >= 15 is 0 Å². The van der Waals surface area contributed by atoms with Crippen LogP contribution in [-0.4, -0.2) is 47.3 Å². The summed E-state index contributed by atoms with van der Waals surface area (Å²) in [4.78, 5) is 13.3. The van der Waals surface area contributed by atoms with Crippen molar-refractivity contribution < 1.29 is 4.79 Å². The number of nitrogens with two attached hydrogens (primary N) is 1. The molecule has 0 aliphatic rings. The van der Waals surface area contributed by atoms with Crippen molar-refractivity contribution in [2.24, 2.45) is 0 Å². The van der Waals surface area contributed by atoms with Gasteiger partial charge in [-0.05, 0) is 26.5 Å². The monoisotopic (exact) mass is 239 g/mol. The molecule has 1 heterocycles. The number of nitrogens with zero attached hydrogens (tertiary/aromatic N) is 3. The minimum absolute atomic E-state index is 0.0679. The van der Waals surface area contributed by atoms with E-state index in [2.05, 4.69) is 10.4 Å². The van der Waals surface area contributed by atoms with Gasteiger partial charge in [0.05, 0.1) is 6.54 Å². The van der Waals surface area contributed by atoms with Gasteiger partial charge in [0.2, 0.25) is 5.91 Å². The van der Waals surface area contributed by atoms with E-state index in [0.29, 0.717) is 18.9 Å². The summed E-state index contributed by atoms with van der Waals surface area (Å²) >= 11 is 0. The molecule has 0 saturated carbocycles. The lowest BCUT2D eigenvalue weighted by atomic mass is 10.4. The summed E-state index contributed by atoms with van der Waals surface area (Å²) in [5.41, 5.74) is 5.51. The topological polar surface area (TPSA) is 76.2 Å². The number of rotatable bonds is 7. The maximum Gasteiger partial charge on any atom is 0.234 e. The van der Waals surface area contributed by atoms with Crippen LogP contribution in [0.2, 0.25) is 0 Å². The Morgan fingerprint density at radius 1 is 1.65 bits per heavy atom. The van der Waals surface area contributed by atoms with Gasteiger partial charge in [-0.3, -0.25) is 14.4 Å². The van der Waals surface area contributed by atoms with Gasteiger partial charge in [-0.1, -0.05) is 0 Å². The van der Waals surface area contributed by atoms with Gasteiger partial charge in [-0.2, -0.15) is 5.10 Å². The first kappa shape index (κ1) is 13.5. The molecule has 0 bridgehead atoms. The highest BCUT2D eigenvalue weighted by Crippen LogP contribution is 1.97. The highest BCUT2D eigenvalue weighted by Gasteiger charge is 2.04. The minimum Gasteiger partial charge on any atom is -0.382 e. The minimum atomic E-state index is 0.0679. The lowest BCUT2D eigenvalue weighted by Crippen LogP contribution is -2.35. The maximum absolute atomic E-state index is 11.3. The van der Waals surface area contributed by atoms with Gasteiger partial charge in [0.1, 0.15) is 5.82 Å². The first-order valence-corrected chi connectivity index (χ1v) is 5.86. The average Bonchev–Trinajstić information content (AvgIpc) is 2.64. The summed E-state index contributed by atoms with van der Waals surface area (Å²) in [5, 5.41) is 6.87. The third-order valence-electron chi connectivity index (χ3n) is 2.38. The van der Waals surface area contributed by atoms with Gasteiger partial charge in [0.25, 0.3) is 0 Å². The molecule has 6 nitrogen and oxygen atoms in total. The molecule has 0 fully saturated rings. The maximum atomic E-state index is 11.3. The Hall–Kier alpha value is -1.56. The summed E-state index contributed by atoms with van der Waals surface area (Å²) in [6.45, 7) is 4.71. The molecule has 1 aromatic rings. The molecule has 0 aliphatic heterocycles. The van der Waals surface area contributed by atoms with Crippen LogP contribution in [0.5, 0.6) is 0 Å².